The van der Waals surface area contributed by atoms with E-state index in [9.17, 15) is 0 Å². The lowest BCUT2D eigenvalue weighted by Gasteiger charge is -2.14. The molecule has 0 fully saturated rings. The Morgan fingerprint density at radius 3 is 2.43 bits per heavy atom. The molecule has 0 atom stereocenters. The highest BCUT2D eigenvalue weighted by Gasteiger charge is 2.12. The van der Waals surface area contributed by atoms with Crippen molar-refractivity contribution in [3.05, 3.63) is 56.0 Å². The van der Waals surface area contributed by atoms with Gasteiger partial charge < -0.3 is 9.47 Å². The number of benzene rings is 2. The monoisotopic (exact) mass is 452 g/mol. The van der Waals surface area contributed by atoms with E-state index in [4.69, 9.17) is 32.7 Å². The summed E-state index contributed by atoms with van der Waals surface area (Å²) in [6.07, 6.45) is 0. The second kappa shape index (κ2) is 7.73. The van der Waals surface area contributed by atoms with Crippen LogP contribution in [-0.4, -0.2) is 7.11 Å². The van der Waals surface area contributed by atoms with Crippen LogP contribution in [0.15, 0.2) is 34.8 Å². The summed E-state index contributed by atoms with van der Waals surface area (Å²) in [7, 11) is 1.62. The van der Waals surface area contributed by atoms with Crippen molar-refractivity contribution in [1.29, 1.82) is 0 Å². The van der Waals surface area contributed by atoms with E-state index in [1.54, 1.807) is 19.2 Å². The average Bonchev–Trinajstić information content (AvgIpc) is 2.48. The van der Waals surface area contributed by atoms with Gasteiger partial charge in [-0.2, -0.15) is 0 Å². The van der Waals surface area contributed by atoms with Crippen molar-refractivity contribution in [2.75, 3.05) is 7.11 Å². The molecule has 2 rings (SSSR count). The number of rotatable bonds is 5. The highest BCUT2D eigenvalue weighted by molar-refractivity contribution is 9.10. The minimum Gasteiger partial charge on any atom is -0.493 e. The molecule has 0 unspecified atom stereocenters. The van der Waals surface area contributed by atoms with Gasteiger partial charge in [0.1, 0.15) is 6.61 Å². The highest BCUT2D eigenvalue weighted by atomic mass is 79.9. The summed E-state index contributed by atoms with van der Waals surface area (Å²) in [6.45, 7) is 0.375. The maximum atomic E-state index is 6.00. The first kappa shape index (κ1) is 16.9. The van der Waals surface area contributed by atoms with Crippen molar-refractivity contribution >= 4 is 55.1 Å². The van der Waals surface area contributed by atoms with Gasteiger partial charge in [0.2, 0.25) is 0 Å². The van der Waals surface area contributed by atoms with E-state index in [2.05, 4.69) is 31.9 Å². The fraction of sp³-hybridized carbons (Fsp3) is 0.200. The van der Waals surface area contributed by atoms with E-state index in [1.165, 1.54) is 0 Å². The van der Waals surface area contributed by atoms with Gasteiger partial charge in [0.15, 0.2) is 11.5 Å². The normalized spacial score (nSPS) is 10.5. The van der Waals surface area contributed by atoms with Crippen LogP contribution in [0, 0.1) is 0 Å². The van der Waals surface area contributed by atoms with E-state index < -0.39 is 0 Å². The van der Waals surface area contributed by atoms with Crippen molar-refractivity contribution in [2.24, 2.45) is 0 Å². The molecule has 112 valence electrons. The lowest BCUT2D eigenvalue weighted by atomic mass is 10.2. The number of ether oxygens (including phenoxy) is 2. The Balaban J connectivity index is 2.21. The van der Waals surface area contributed by atoms with Crippen LogP contribution in [0.1, 0.15) is 11.1 Å². The molecule has 2 nitrogen and oxygen atoms in total. The molecule has 2 aromatic carbocycles. The molecule has 0 aliphatic heterocycles. The molecule has 0 amide bonds. The van der Waals surface area contributed by atoms with Crippen LogP contribution in [0.5, 0.6) is 11.5 Å². The number of alkyl halides is 1. The van der Waals surface area contributed by atoms with Crippen LogP contribution in [0.2, 0.25) is 10.0 Å². The molecule has 21 heavy (non-hydrogen) atoms. The van der Waals surface area contributed by atoms with Gasteiger partial charge in [0, 0.05) is 5.33 Å². The first-order valence-electron chi connectivity index (χ1n) is 6.04. The third-order valence-corrected chi connectivity index (χ3v) is 4.79. The second-order valence-electron chi connectivity index (χ2n) is 4.28. The Kier molecular flexibility index (Phi) is 6.23. The molecular weight excluding hydrogens is 443 g/mol. The summed E-state index contributed by atoms with van der Waals surface area (Å²) in [6, 6.07) is 9.34. The molecule has 0 aromatic heterocycles. The third-order valence-electron chi connectivity index (χ3n) is 2.81. The fourth-order valence-electron chi connectivity index (χ4n) is 1.78. The van der Waals surface area contributed by atoms with Gasteiger partial charge in [-0.05, 0) is 51.3 Å². The number of methoxy groups -OCH3 is 1. The van der Waals surface area contributed by atoms with Gasteiger partial charge in [-0.3, -0.25) is 0 Å². The standard InChI is InChI=1S/C15H12Br2Cl2O2/c1-20-14-6-10(7-16)4-11(17)15(14)21-8-9-2-3-12(18)13(19)5-9/h2-6H,7-8H2,1H3. The van der Waals surface area contributed by atoms with Gasteiger partial charge in [0.25, 0.3) is 0 Å². The third kappa shape index (κ3) is 4.28. The Hall–Kier alpha value is -0.420. The van der Waals surface area contributed by atoms with Crippen molar-refractivity contribution in [3.8, 4) is 11.5 Å². The predicted octanol–water partition coefficient (Wildman–Crippen LogP) is 6.24. The summed E-state index contributed by atoms with van der Waals surface area (Å²) in [5.41, 5.74) is 2.03. The van der Waals surface area contributed by atoms with E-state index in [1.807, 2.05) is 18.2 Å². The fourth-order valence-corrected chi connectivity index (χ4v) is 3.02. The highest BCUT2D eigenvalue weighted by Crippen LogP contribution is 2.37. The van der Waals surface area contributed by atoms with E-state index >= 15 is 0 Å². The zero-order valence-corrected chi connectivity index (χ0v) is 15.8. The minimum absolute atomic E-state index is 0.375. The summed E-state index contributed by atoms with van der Waals surface area (Å²) in [4.78, 5) is 0. The van der Waals surface area contributed by atoms with Crippen LogP contribution in [0.25, 0.3) is 0 Å². The van der Waals surface area contributed by atoms with E-state index in [0.717, 1.165) is 20.9 Å². The summed E-state index contributed by atoms with van der Waals surface area (Å²) in [5, 5.41) is 1.79. The van der Waals surface area contributed by atoms with Gasteiger partial charge in [-0.15, -0.1) is 0 Å². The van der Waals surface area contributed by atoms with Crippen LogP contribution in [-0.2, 0) is 11.9 Å². The maximum Gasteiger partial charge on any atom is 0.175 e. The average molecular weight is 455 g/mol. The summed E-state index contributed by atoms with van der Waals surface area (Å²) < 4.78 is 12.1. The molecular formula is C15H12Br2Cl2O2. The van der Waals surface area contributed by atoms with Crippen LogP contribution >= 0.6 is 55.1 Å². The van der Waals surface area contributed by atoms with Crippen molar-refractivity contribution < 1.29 is 9.47 Å². The molecule has 0 bridgehead atoms. The smallest absolute Gasteiger partial charge is 0.175 e. The Labute approximate surface area is 150 Å². The van der Waals surface area contributed by atoms with Gasteiger partial charge >= 0.3 is 0 Å². The van der Waals surface area contributed by atoms with Crippen LogP contribution in [0.4, 0.5) is 0 Å². The van der Waals surface area contributed by atoms with Crippen molar-refractivity contribution in [2.45, 2.75) is 11.9 Å². The predicted molar refractivity (Wildman–Crippen MR) is 94.1 cm³/mol. The molecule has 0 aliphatic rings. The van der Waals surface area contributed by atoms with Crippen molar-refractivity contribution in [1.82, 2.24) is 0 Å². The zero-order valence-electron chi connectivity index (χ0n) is 11.1. The summed E-state index contributed by atoms with van der Waals surface area (Å²) in [5.74, 6) is 1.34. The molecule has 0 spiro atoms. The van der Waals surface area contributed by atoms with E-state index in [0.29, 0.717) is 28.2 Å². The SMILES string of the molecule is COc1cc(CBr)cc(Br)c1OCc1ccc(Cl)c(Cl)c1. The lowest BCUT2D eigenvalue weighted by Crippen LogP contribution is -1.99. The Bertz CT molecular complexity index is 648. The molecule has 0 radical (unpaired) electrons. The topological polar surface area (TPSA) is 18.5 Å². The molecule has 0 heterocycles. The molecule has 0 saturated heterocycles. The molecule has 0 N–H and O–H groups in total. The first-order chi connectivity index (χ1) is 10.0. The molecule has 2 aromatic rings. The van der Waals surface area contributed by atoms with Crippen molar-refractivity contribution in [3.63, 3.8) is 0 Å². The van der Waals surface area contributed by atoms with Crippen LogP contribution in [0.3, 0.4) is 0 Å². The molecule has 0 aliphatic carbocycles. The quantitative estimate of drug-likeness (QED) is 0.498. The number of hydrogen-bond acceptors (Lipinski definition) is 2. The minimum atomic E-state index is 0.375. The number of halogens is 4. The Morgan fingerprint density at radius 1 is 1.05 bits per heavy atom. The number of hydrogen-bond donors (Lipinski definition) is 0. The second-order valence-corrected chi connectivity index (χ2v) is 6.51. The first-order valence-corrected chi connectivity index (χ1v) is 8.71. The maximum absolute atomic E-state index is 6.00. The Morgan fingerprint density at radius 2 is 1.81 bits per heavy atom. The summed E-state index contributed by atoms with van der Waals surface area (Å²) >= 11 is 18.8. The van der Waals surface area contributed by atoms with Gasteiger partial charge in [-0.25, -0.2) is 0 Å². The lowest BCUT2D eigenvalue weighted by molar-refractivity contribution is 0.282. The molecule has 0 saturated carbocycles. The largest absolute Gasteiger partial charge is 0.493 e. The van der Waals surface area contributed by atoms with Crippen LogP contribution < -0.4 is 9.47 Å². The molecule has 6 heteroatoms. The van der Waals surface area contributed by atoms with Gasteiger partial charge in [0.05, 0.1) is 21.6 Å². The zero-order chi connectivity index (χ0) is 15.4. The van der Waals surface area contributed by atoms with Gasteiger partial charge in [-0.1, -0.05) is 45.2 Å². The van der Waals surface area contributed by atoms with E-state index in [-0.39, 0.29) is 0 Å².